The maximum atomic E-state index is 12.9. The first kappa shape index (κ1) is 23.4. The van der Waals surface area contributed by atoms with Crippen LogP contribution in [0.4, 0.5) is 9.80 Å². The average Bonchev–Trinajstić information content (AvgIpc) is 3.15. The van der Waals surface area contributed by atoms with Crippen molar-refractivity contribution in [3.63, 3.8) is 0 Å². The van der Waals surface area contributed by atoms with Crippen LogP contribution in [0.5, 0.6) is 11.5 Å². The van der Waals surface area contributed by atoms with Crippen molar-refractivity contribution in [1.82, 2.24) is 4.90 Å². The molecule has 2 heterocycles. The summed E-state index contributed by atoms with van der Waals surface area (Å²) in [6.07, 6.45) is 0.0607. The number of carbonyl (C=O) groups excluding carboxylic acids is 3. The molecule has 0 saturated carbocycles. The zero-order chi connectivity index (χ0) is 23.3. The van der Waals surface area contributed by atoms with E-state index < -0.39 is 18.0 Å². The fraction of sp³-hybridized carbons (Fsp3) is 0.409. The number of nitrogens with one attached hydrogen (secondary N) is 1. The molecule has 0 spiro atoms. The van der Waals surface area contributed by atoms with Gasteiger partial charge in [-0.3, -0.25) is 4.79 Å². The van der Waals surface area contributed by atoms with Crippen LogP contribution in [0.15, 0.2) is 18.2 Å². The van der Waals surface area contributed by atoms with Crippen LogP contribution in [-0.4, -0.2) is 56.8 Å². The summed E-state index contributed by atoms with van der Waals surface area (Å²) in [4.78, 5) is 40.2. The van der Waals surface area contributed by atoms with Gasteiger partial charge in [-0.1, -0.05) is 0 Å². The molecule has 2 aromatic rings. The number of benzene rings is 1. The monoisotopic (exact) mass is 462 g/mol. The van der Waals surface area contributed by atoms with Gasteiger partial charge in [-0.25, -0.2) is 9.59 Å². The molecule has 0 radical (unpaired) electrons. The van der Waals surface area contributed by atoms with Crippen molar-refractivity contribution in [2.24, 2.45) is 0 Å². The van der Waals surface area contributed by atoms with Crippen molar-refractivity contribution in [3.8, 4) is 11.5 Å². The van der Waals surface area contributed by atoms with Crippen LogP contribution >= 0.6 is 11.3 Å². The van der Waals surface area contributed by atoms with E-state index in [0.29, 0.717) is 47.1 Å². The van der Waals surface area contributed by atoms with Gasteiger partial charge in [0.25, 0.3) is 5.91 Å². The molecular weight excluding hydrogens is 436 g/mol. The first-order valence-electron chi connectivity index (χ1n) is 10.2. The van der Waals surface area contributed by atoms with E-state index in [0.717, 1.165) is 10.4 Å². The molecule has 1 aromatic heterocycles. The van der Waals surface area contributed by atoms with Crippen molar-refractivity contribution in [2.45, 2.75) is 26.8 Å². The Labute approximate surface area is 190 Å². The molecule has 0 atom stereocenters. The number of anilines is 1. The summed E-state index contributed by atoms with van der Waals surface area (Å²) in [5.74, 6) is 0.0118. The third kappa shape index (κ3) is 4.80. The summed E-state index contributed by atoms with van der Waals surface area (Å²) < 4.78 is 20.8. The molecule has 1 N–H and O–H groups in total. The number of fused-ring (bicyclic) bond motifs is 1. The molecule has 0 fully saturated rings. The maximum Gasteiger partial charge on any atom is 0.410 e. The molecular formula is C22H26N2O7S. The highest BCUT2D eigenvalue weighted by Gasteiger charge is 2.31. The number of esters is 1. The highest BCUT2D eigenvalue weighted by atomic mass is 32.1. The highest BCUT2D eigenvalue weighted by molar-refractivity contribution is 7.17. The first-order valence-corrected chi connectivity index (χ1v) is 11.0. The fourth-order valence-electron chi connectivity index (χ4n) is 3.43. The standard InChI is InChI=1S/C22H26N2O7S/c1-5-30-21(26)18-14-9-10-24(22(27)31-6-2)12-17(14)32-20(18)23-19(25)13-7-8-15(28-3)16(11-13)29-4/h7-8,11H,5-6,9-10,12H2,1-4H3,(H,23,25). The topological polar surface area (TPSA) is 103 Å². The maximum absolute atomic E-state index is 12.9. The SMILES string of the molecule is CCOC(=O)c1c(NC(=O)c2ccc(OC)c(OC)c2)sc2c1CCN(C(=O)OCC)C2. The van der Waals surface area contributed by atoms with Gasteiger partial charge < -0.3 is 29.2 Å². The van der Waals surface area contributed by atoms with E-state index in [9.17, 15) is 14.4 Å². The summed E-state index contributed by atoms with van der Waals surface area (Å²) in [6, 6.07) is 4.81. The fourth-order valence-corrected chi connectivity index (χ4v) is 4.68. The summed E-state index contributed by atoms with van der Waals surface area (Å²) in [6.45, 7) is 4.69. The third-order valence-corrected chi connectivity index (χ3v) is 6.07. The van der Waals surface area contributed by atoms with E-state index in [4.69, 9.17) is 18.9 Å². The molecule has 1 aliphatic rings. The predicted molar refractivity (Wildman–Crippen MR) is 119 cm³/mol. The number of hydrogen-bond acceptors (Lipinski definition) is 8. The van der Waals surface area contributed by atoms with Crippen LogP contribution in [0.1, 0.15) is 45.0 Å². The lowest BCUT2D eigenvalue weighted by molar-refractivity contribution is 0.0526. The molecule has 0 aliphatic carbocycles. The van der Waals surface area contributed by atoms with Crippen LogP contribution < -0.4 is 14.8 Å². The zero-order valence-electron chi connectivity index (χ0n) is 18.5. The van der Waals surface area contributed by atoms with E-state index >= 15 is 0 Å². The summed E-state index contributed by atoms with van der Waals surface area (Å²) in [7, 11) is 3.00. The number of amides is 2. The average molecular weight is 463 g/mol. The van der Waals surface area contributed by atoms with Crippen LogP contribution in [0.2, 0.25) is 0 Å². The normalized spacial score (nSPS) is 12.6. The second-order valence-electron chi connectivity index (χ2n) is 6.82. The third-order valence-electron chi connectivity index (χ3n) is 4.94. The molecule has 172 valence electrons. The molecule has 1 aliphatic heterocycles. The van der Waals surface area contributed by atoms with E-state index in [1.54, 1.807) is 36.9 Å². The minimum atomic E-state index is -0.503. The molecule has 9 nitrogen and oxygen atoms in total. The molecule has 10 heteroatoms. The number of ether oxygens (including phenoxy) is 4. The van der Waals surface area contributed by atoms with Gasteiger partial charge in [0, 0.05) is 17.0 Å². The van der Waals surface area contributed by atoms with Gasteiger partial charge in [-0.15, -0.1) is 11.3 Å². The Morgan fingerprint density at radius 3 is 2.44 bits per heavy atom. The Morgan fingerprint density at radius 2 is 1.78 bits per heavy atom. The number of hydrogen-bond donors (Lipinski definition) is 1. The zero-order valence-corrected chi connectivity index (χ0v) is 19.3. The molecule has 0 unspecified atom stereocenters. The molecule has 0 bridgehead atoms. The van der Waals surface area contributed by atoms with Crippen LogP contribution in [0.25, 0.3) is 0 Å². The quantitative estimate of drug-likeness (QED) is 0.626. The second kappa shape index (κ2) is 10.4. The van der Waals surface area contributed by atoms with Gasteiger partial charge in [-0.2, -0.15) is 0 Å². The number of carbonyl (C=O) groups is 3. The highest BCUT2D eigenvalue weighted by Crippen LogP contribution is 2.38. The van der Waals surface area contributed by atoms with Crippen molar-refractivity contribution >= 4 is 34.3 Å². The molecule has 3 rings (SSSR count). The number of nitrogens with zero attached hydrogens (tertiary/aromatic N) is 1. The summed E-state index contributed by atoms with van der Waals surface area (Å²) in [5, 5.41) is 3.22. The van der Waals surface area contributed by atoms with Crippen molar-refractivity contribution in [3.05, 3.63) is 39.8 Å². The Kier molecular flexibility index (Phi) is 7.57. The molecule has 32 heavy (non-hydrogen) atoms. The van der Waals surface area contributed by atoms with Crippen molar-refractivity contribution in [1.29, 1.82) is 0 Å². The minimum absolute atomic E-state index is 0.210. The minimum Gasteiger partial charge on any atom is -0.493 e. The Bertz CT molecular complexity index is 1020. The number of methoxy groups -OCH3 is 2. The number of thiophene rings is 1. The Hall–Kier alpha value is -3.27. The van der Waals surface area contributed by atoms with E-state index in [-0.39, 0.29) is 13.2 Å². The van der Waals surface area contributed by atoms with Gasteiger partial charge in [0.05, 0.1) is 39.5 Å². The van der Waals surface area contributed by atoms with E-state index in [1.165, 1.54) is 25.6 Å². The van der Waals surface area contributed by atoms with Gasteiger partial charge in [-0.05, 0) is 44.0 Å². The first-order chi connectivity index (χ1) is 15.4. The van der Waals surface area contributed by atoms with E-state index in [1.807, 2.05) is 0 Å². The largest absolute Gasteiger partial charge is 0.493 e. The lowest BCUT2D eigenvalue weighted by atomic mass is 10.0. The van der Waals surface area contributed by atoms with Crippen LogP contribution in [0.3, 0.4) is 0 Å². The van der Waals surface area contributed by atoms with Gasteiger partial charge in [0.15, 0.2) is 11.5 Å². The smallest absolute Gasteiger partial charge is 0.410 e. The van der Waals surface area contributed by atoms with Crippen molar-refractivity contribution < 1.29 is 33.3 Å². The number of rotatable bonds is 7. The van der Waals surface area contributed by atoms with Gasteiger partial charge in [0.2, 0.25) is 0 Å². The van der Waals surface area contributed by atoms with Crippen molar-refractivity contribution in [2.75, 3.05) is 39.3 Å². The Morgan fingerprint density at radius 1 is 1.06 bits per heavy atom. The van der Waals surface area contributed by atoms with Gasteiger partial charge in [0.1, 0.15) is 5.00 Å². The van der Waals surface area contributed by atoms with Crippen LogP contribution in [-0.2, 0) is 22.4 Å². The predicted octanol–water partition coefficient (Wildman–Crippen LogP) is 3.71. The second-order valence-corrected chi connectivity index (χ2v) is 7.93. The van der Waals surface area contributed by atoms with E-state index in [2.05, 4.69) is 5.32 Å². The summed E-state index contributed by atoms with van der Waals surface area (Å²) in [5.41, 5.74) is 1.47. The summed E-state index contributed by atoms with van der Waals surface area (Å²) >= 11 is 1.26. The lowest BCUT2D eigenvalue weighted by Crippen LogP contribution is -2.36. The Balaban J connectivity index is 1.91. The van der Waals surface area contributed by atoms with Gasteiger partial charge >= 0.3 is 12.1 Å². The molecule has 1 aromatic carbocycles. The molecule has 2 amide bonds. The molecule has 0 saturated heterocycles. The lowest BCUT2D eigenvalue weighted by Gasteiger charge is -2.26. The van der Waals surface area contributed by atoms with Crippen LogP contribution in [0, 0.1) is 0 Å².